The third-order valence-electron chi connectivity index (χ3n) is 5.01. The Hall–Kier alpha value is -0.990. The SMILES string of the molecule is O[C@H](COCc1ccccc1Cl)CN(CCCN1CCOCC1)Cc1cccs1. The van der Waals surface area contributed by atoms with Crippen LogP contribution in [0.5, 0.6) is 0 Å². The van der Waals surface area contributed by atoms with Gasteiger partial charge in [-0.2, -0.15) is 0 Å². The van der Waals surface area contributed by atoms with Crippen LogP contribution in [0.1, 0.15) is 16.9 Å². The van der Waals surface area contributed by atoms with E-state index in [2.05, 4.69) is 27.3 Å². The molecule has 1 saturated heterocycles. The van der Waals surface area contributed by atoms with Crippen molar-refractivity contribution >= 4 is 22.9 Å². The molecule has 0 saturated carbocycles. The predicted molar refractivity (Wildman–Crippen MR) is 119 cm³/mol. The second-order valence-electron chi connectivity index (χ2n) is 7.38. The van der Waals surface area contributed by atoms with Gasteiger partial charge in [-0.25, -0.2) is 0 Å². The van der Waals surface area contributed by atoms with Gasteiger partial charge in [0.15, 0.2) is 0 Å². The van der Waals surface area contributed by atoms with Crippen molar-refractivity contribution in [3.63, 3.8) is 0 Å². The van der Waals surface area contributed by atoms with Gasteiger partial charge in [0.2, 0.25) is 0 Å². The maximum absolute atomic E-state index is 10.5. The molecule has 0 unspecified atom stereocenters. The maximum Gasteiger partial charge on any atom is 0.0900 e. The van der Waals surface area contributed by atoms with E-state index in [1.54, 1.807) is 11.3 Å². The summed E-state index contributed by atoms with van der Waals surface area (Å²) in [5.74, 6) is 0. The zero-order valence-electron chi connectivity index (χ0n) is 16.8. The smallest absolute Gasteiger partial charge is 0.0900 e. The molecule has 7 heteroatoms. The van der Waals surface area contributed by atoms with Gasteiger partial charge in [-0.3, -0.25) is 9.80 Å². The van der Waals surface area contributed by atoms with E-state index in [1.807, 2.05) is 24.3 Å². The molecule has 1 aromatic heterocycles. The van der Waals surface area contributed by atoms with Crippen LogP contribution in [0.4, 0.5) is 0 Å². The van der Waals surface area contributed by atoms with Gasteiger partial charge in [-0.1, -0.05) is 35.9 Å². The first kappa shape index (κ1) is 22.7. The Kier molecular flexibility index (Phi) is 9.90. The number of hydrogen-bond donors (Lipinski definition) is 1. The van der Waals surface area contributed by atoms with E-state index in [9.17, 15) is 5.11 Å². The average Bonchev–Trinajstić information content (AvgIpc) is 3.23. The third kappa shape index (κ3) is 8.34. The fourth-order valence-electron chi connectivity index (χ4n) is 3.47. The molecule has 2 heterocycles. The number of morpholine rings is 1. The molecule has 1 aromatic carbocycles. The first-order valence-electron chi connectivity index (χ1n) is 10.2. The molecule has 3 rings (SSSR count). The quantitative estimate of drug-likeness (QED) is 0.549. The number of nitrogens with zero attached hydrogens (tertiary/aromatic N) is 2. The summed E-state index contributed by atoms with van der Waals surface area (Å²) in [6, 6.07) is 11.9. The lowest BCUT2D eigenvalue weighted by atomic mass is 10.2. The summed E-state index contributed by atoms with van der Waals surface area (Å²) < 4.78 is 11.1. The van der Waals surface area contributed by atoms with Crippen molar-refractivity contribution in [1.29, 1.82) is 0 Å². The van der Waals surface area contributed by atoms with Crippen molar-refractivity contribution in [3.05, 3.63) is 57.2 Å². The Morgan fingerprint density at radius 2 is 2.03 bits per heavy atom. The van der Waals surface area contributed by atoms with Gasteiger partial charge in [-0.15, -0.1) is 11.3 Å². The Balaban J connectivity index is 1.42. The largest absolute Gasteiger partial charge is 0.389 e. The van der Waals surface area contributed by atoms with Crippen LogP contribution in [-0.4, -0.2) is 73.6 Å². The normalized spacial score (nSPS) is 16.4. The van der Waals surface area contributed by atoms with Crippen LogP contribution < -0.4 is 0 Å². The van der Waals surface area contributed by atoms with Crippen molar-refractivity contribution in [2.24, 2.45) is 0 Å². The van der Waals surface area contributed by atoms with Gasteiger partial charge < -0.3 is 14.6 Å². The molecule has 1 N–H and O–H groups in total. The zero-order valence-corrected chi connectivity index (χ0v) is 18.4. The van der Waals surface area contributed by atoms with Crippen LogP contribution in [0.15, 0.2) is 41.8 Å². The highest BCUT2D eigenvalue weighted by molar-refractivity contribution is 7.09. The monoisotopic (exact) mass is 438 g/mol. The number of hydrogen-bond acceptors (Lipinski definition) is 6. The van der Waals surface area contributed by atoms with Crippen LogP contribution in [-0.2, 0) is 22.6 Å². The van der Waals surface area contributed by atoms with E-state index < -0.39 is 6.10 Å². The van der Waals surface area contributed by atoms with Gasteiger partial charge >= 0.3 is 0 Å². The lowest BCUT2D eigenvalue weighted by molar-refractivity contribution is 0.00674. The number of ether oxygens (including phenoxy) is 2. The lowest BCUT2D eigenvalue weighted by Crippen LogP contribution is -2.39. The van der Waals surface area contributed by atoms with Crippen molar-refractivity contribution in [2.45, 2.75) is 25.7 Å². The Morgan fingerprint density at radius 3 is 2.79 bits per heavy atom. The second kappa shape index (κ2) is 12.6. The Bertz CT molecular complexity index is 695. The van der Waals surface area contributed by atoms with Crippen molar-refractivity contribution in [1.82, 2.24) is 9.80 Å². The predicted octanol–water partition coefficient (Wildman–Crippen LogP) is 3.50. The number of aliphatic hydroxyl groups excluding tert-OH is 1. The first-order chi connectivity index (χ1) is 14.2. The molecule has 29 heavy (non-hydrogen) atoms. The number of thiophene rings is 1. The van der Waals surface area contributed by atoms with E-state index in [0.29, 0.717) is 24.8 Å². The second-order valence-corrected chi connectivity index (χ2v) is 8.82. The van der Waals surface area contributed by atoms with E-state index in [4.69, 9.17) is 21.1 Å². The van der Waals surface area contributed by atoms with Crippen LogP contribution in [0.2, 0.25) is 5.02 Å². The topological polar surface area (TPSA) is 45.2 Å². The molecular formula is C22H31ClN2O3S. The molecule has 1 aliphatic heterocycles. The van der Waals surface area contributed by atoms with E-state index in [0.717, 1.165) is 57.9 Å². The van der Waals surface area contributed by atoms with Crippen molar-refractivity contribution in [3.8, 4) is 0 Å². The molecule has 0 bridgehead atoms. The van der Waals surface area contributed by atoms with E-state index >= 15 is 0 Å². The molecule has 0 amide bonds. The Labute approximate surface area is 182 Å². The minimum absolute atomic E-state index is 0.301. The molecule has 1 atom stereocenters. The zero-order chi connectivity index (χ0) is 20.3. The summed E-state index contributed by atoms with van der Waals surface area (Å²) in [5, 5.41) is 13.3. The number of halogens is 1. The molecule has 0 spiro atoms. The summed E-state index contributed by atoms with van der Waals surface area (Å²) in [7, 11) is 0. The highest BCUT2D eigenvalue weighted by atomic mass is 35.5. The summed E-state index contributed by atoms with van der Waals surface area (Å²) in [4.78, 5) is 6.10. The van der Waals surface area contributed by atoms with Crippen LogP contribution in [0.25, 0.3) is 0 Å². The highest BCUT2D eigenvalue weighted by Crippen LogP contribution is 2.16. The van der Waals surface area contributed by atoms with Crippen LogP contribution in [0.3, 0.4) is 0 Å². The fraction of sp³-hybridized carbons (Fsp3) is 0.545. The number of benzene rings is 1. The van der Waals surface area contributed by atoms with Gasteiger partial charge in [0.25, 0.3) is 0 Å². The van der Waals surface area contributed by atoms with Gasteiger partial charge in [-0.05, 0) is 42.6 Å². The van der Waals surface area contributed by atoms with E-state index in [1.165, 1.54) is 4.88 Å². The molecule has 0 aliphatic carbocycles. The van der Waals surface area contributed by atoms with Gasteiger partial charge in [0.1, 0.15) is 0 Å². The number of rotatable bonds is 12. The summed E-state index contributed by atoms with van der Waals surface area (Å²) >= 11 is 7.92. The lowest BCUT2D eigenvalue weighted by Gasteiger charge is -2.29. The maximum atomic E-state index is 10.5. The molecule has 1 aliphatic rings. The molecule has 1 fully saturated rings. The molecule has 2 aromatic rings. The summed E-state index contributed by atoms with van der Waals surface area (Å²) in [6.07, 6.45) is 0.555. The van der Waals surface area contributed by atoms with Crippen LogP contribution >= 0.6 is 22.9 Å². The fourth-order valence-corrected chi connectivity index (χ4v) is 4.41. The molecule has 5 nitrogen and oxygen atoms in total. The minimum Gasteiger partial charge on any atom is -0.389 e. The Morgan fingerprint density at radius 1 is 1.21 bits per heavy atom. The standard InChI is InChI=1S/C22H31ClN2O3S/c23-22-7-2-1-5-19(22)17-28-18-20(26)15-25(16-21-6-3-14-29-21)9-4-8-24-10-12-27-13-11-24/h1-3,5-7,14,20,26H,4,8-13,15-18H2/t20-/m0/s1. The number of aliphatic hydroxyl groups is 1. The highest BCUT2D eigenvalue weighted by Gasteiger charge is 2.15. The van der Waals surface area contributed by atoms with Gasteiger partial charge in [0.05, 0.1) is 32.5 Å². The van der Waals surface area contributed by atoms with Crippen molar-refractivity contribution in [2.75, 3.05) is 52.5 Å². The van der Waals surface area contributed by atoms with Crippen LogP contribution in [0, 0.1) is 0 Å². The van der Waals surface area contributed by atoms with E-state index in [-0.39, 0.29) is 0 Å². The minimum atomic E-state index is -0.527. The molecule has 0 radical (unpaired) electrons. The molecular weight excluding hydrogens is 408 g/mol. The van der Waals surface area contributed by atoms with Crippen molar-refractivity contribution < 1.29 is 14.6 Å². The third-order valence-corrected chi connectivity index (χ3v) is 6.24. The van der Waals surface area contributed by atoms with Gasteiger partial charge in [0, 0.05) is 36.1 Å². The summed E-state index contributed by atoms with van der Waals surface area (Å²) in [6.45, 7) is 7.91. The summed E-state index contributed by atoms with van der Waals surface area (Å²) in [5.41, 5.74) is 0.947. The molecule has 160 valence electrons. The average molecular weight is 439 g/mol. The first-order valence-corrected chi connectivity index (χ1v) is 11.5.